The second kappa shape index (κ2) is 13.1. The summed E-state index contributed by atoms with van der Waals surface area (Å²) in [5, 5.41) is 3.99. The van der Waals surface area contributed by atoms with Gasteiger partial charge in [0, 0.05) is 28.9 Å². The summed E-state index contributed by atoms with van der Waals surface area (Å²) in [4.78, 5) is 27.9. The zero-order valence-corrected chi connectivity index (χ0v) is 21.5. The number of carbonyl (C=O) groups excluding carboxylic acids is 2. The lowest BCUT2D eigenvalue weighted by atomic mass is 10.1. The van der Waals surface area contributed by atoms with Crippen molar-refractivity contribution in [3.8, 4) is 0 Å². The molecule has 2 aromatic rings. The number of halogens is 2. The molecule has 2 amide bonds. The molecule has 0 aliphatic heterocycles. The number of rotatable bonds is 11. The van der Waals surface area contributed by atoms with Crippen molar-refractivity contribution in [3.05, 3.63) is 69.2 Å². The highest BCUT2D eigenvalue weighted by Crippen LogP contribution is 2.25. The van der Waals surface area contributed by atoms with Crippen molar-refractivity contribution in [1.82, 2.24) is 10.2 Å². The fourth-order valence-electron chi connectivity index (χ4n) is 3.28. The summed E-state index contributed by atoms with van der Waals surface area (Å²) < 4.78 is 0. The Balaban J connectivity index is 2.18. The van der Waals surface area contributed by atoms with Crippen molar-refractivity contribution < 1.29 is 9.59 Å². The molecule has 0 radical (unpaired) electrons. The molecule has 7 heteroatoms. The number of aryl methyl sites for hydroxylation is 1. The Bertz CT molecular complexity index is 921. The van der Waals surface area contributed by atoms with E-state index in [-0.39, 0.29) is 24.1 Å². The first-order valence-electron chi connectivity index (χ1n) is 10.9. The van der Waals surface area contributed by atoms with Crippen LogP contribution in [0.2, 0.25) is 10.0 Å². The lowest BCUT2D eigenvalue weighted by Crippen LogP contribution is -2.50. The largest absolute Gasteiger partial charge is 0.354 e. The number of nitrogens with zero attached hydrogens (tertiary/aromatic N) is 1. The van der Waals surface area contributed by atoms with Crippen LogP contribution in [0.1, 0.15) is 43.9 Å². The second-order valence-corrected chi connectivity index (χ2v) is 10.1. The van der Waals surface area contributed by atoms with E-state index >= 15 is 0 Å². The number of carbonyl (C=O) groups is 2. The minimum absolute atomic E-state index is 0.0823. The molecule has 0 fully saturated rings. The van der Waals surface area contributed by atoms with E-state index in [9.17, 15) is 9.59 Å². The number of nitrogens with one attached hydrogen (secondary N) is 1. The van der Waals surface area contributed by atoms with E-state index in [0.29, 0.717) is 28.9 Å². The zero-order chi connectivity index (χ0) is 23.7. The minimum atomic E-state index is -0.563. The molecule has 0 heterocycles. The zero-order valence-electron chi connectivity index (χ0n) is 19.2. The first kappa shape index (κ1) is 26.6. The standard InChI is InChI=1S/C25H32Cl2N2O2S/c1-5-23(25(31)28-13-17(2)3)29(14-19-10-11-21(26)12-22(19)27)24(30)16-32-15-20-9-7-6-8-18(20)4/h6-12,17,23H,5,13-16H2,1-4H3,(H,28,31)/t23-/m1/s1. The number of benzene rings is 2. The molecular weight excluding hydrogens is 463 g/mol. The summed E-state index contributed by atoms with van der Waals surface area (Å²) in [6, 6.07) is 12.8. The minimum Gasteiger partial charge on any atom is -0.354 e. The molecule has 4 nitrogen and oxygen atoms in total. The first-order valence-corrected chi connectivity index (χ1v) is 12.8. The van der Waals surface area contributed by atoms with Gasteiger partial charge in [0.15, 0.2) is 0 Å². The third-order valence-electron chi connectivity index (χ3n) is 5.17. The van der Waals surface area contributed by atoms with Gasteiger partial charge in [-0.1, -0.05) is 74.3 Å². The molecule has 1 N–H and O–H groups in total. The lowest BCUT2D eigenvalue weighted by molar-refractivity contribution is -0.139. The van der Waals surface area contributed by atoms with Crippen molar-refractivity contribution in [2.75, 3.05) is 12.3 Å². The Morgan fingerprint density at radius 1 is 1.09 bits per heavy atom. The van der Waals surface area contributed by atoms with Crippen LogP contribution in [0.4, 0.5) is 0 Å². The van der Waals surface area contributed by atoms with Crippen LogP contribution in [0.25, 0.3) is 0 Å². The second-order valence-electron chi connectivity index (χ2n) is 8.24. The SMILES string of the molecule is CC[C@H](C(=O)NCC(C)C)N(Cc1ccc(Cl)cc1Cl)C(=O)CSCc1ccccc1C. The highest BCUT2D eigenvalue weighted by atomic mass is 35.5. The monoisotopic (exact) mass is 494 g/mol. The highest BCUT2D eigenvalue weighted by molar-refractivity contribution is 7.99. The van der Waals surface area contributed by atoms with Crippen molar-refractivity contribution in [2.45, 2.75) is 52.5 Å². The maximum atomic E-state index is 13.3. The smallest absolute Gasteiger partial charge is 0.242 e. The van der Waals surface area contributed by atoms with E-state index < -0.39 is 6.04 Å². The Labute approximate surface area is 206 Å². The Morgan fingerprint density at radius 2 is 1.81 bits per heavy atom. The number of amides is 2. The van der Waals surface area contributed by atoms with Gasteiger partial charge in [0.1, 0.15) is 6.04 Å². The van der Waals surface area contributed by atoms with Crippen LogP contribution < -0.4 is 5.32 Å². The van der Waals surface area contributed by atoms with Crippen molar-refractivity contribution in [2.24, 2.45) is 5.92 Å². The van der Waals surface area contributed by atoms with Gasteiger partial charge in [-0.05, 0) is 48.1 Å². The molecular formula is C25H32Cl2N2O2S. The highest BCUT2D eigenvalue weighted by Gasteiger charge is 2.29. The maximum absolute atomic E-state index is 13.3. The van der Waals surface area contributed by atoms with Gasteiger partial charge in [-0.25, -0.2) is 0 Å². The Kier molecular flexibility index (Phi) is 10.9. The van der Waals surface area contributed by atoms with E-state index in [4.69, 9.17) is 23.2 Å². The molecule has 0 saturated heterocycles. The summed E-state index contributed by atoms with van der Waals surface area (Å²) in [6.07, 6.45) is 0.517. The van der Waals surface area contributed by atoms with Gasteiger partial charge in [-0.15, -0.1) is 11.8 Å². The molecule has 174 valence electrons. The molecule has 0 aliphatic carbocycles. The number of hydrogen-bond acceptors (Lipinski definition) is 3. The van der Waals surface area contributed by atoms with Gasteiger partial charge in [0.05, 0.1) is 5.75 Å². The normalized spacial score (nSPS) is 12.0. The molecule has 0 unspecified atom stereocenters. The van der Waals surface area contributed by atoms with Gasteiger partial charge in [0.25, 0.3) is 0 Å². The van der Waals surface area contributed by atoms with Crippen LogP contribution in [0.3, 0.4) is 0 Å². The van der Waals surface area contributed by atoms with E-state index in [1.54, 1.807) is 28.8 Å². The summed E-state index contributed by atoms with van der Waals surface area (Å²) in [6.45, 7) is 8.90. The van der Waals surface area contributed by atoms with Gasteiger partial charge >= 0.3 is 0 Å². The molecule has 0 aromatic heterocycles. The first-order chi connectivity index (χ1) is 15.2. The van der Waals surface area contributed by atoms with Crippen LogP contribution in [-0.4, -0.2) is 35.1 Å². The third-order valence-corrected chi connectivity index (χ3v) is 6.72. The van der Waals surface area contributed by atoms with Gasteiger partial charge in [-0.2, -0.15) is 0 Å². The molecule has 2 rings (SSSR count). The molecule has 0 bridgehead atoms. The van der Waals surface area contributed by atoms with Crippen LogP contribution in [-0.2, 0) is 21.9 Å². The fraction of sp³-hybridized carbons (Fsp3) is 0.440. The van der Waals surface area contributed by atoms with E-state index in [0.717, 1.165) is 11.3 Å². The van der Waals surface area contributed by atoms with Crippen LogP contribution >= 0.6 is 35.0 Å². The van der Waals surface area contributed by atoms with Gasteiger partial charge in [-0.3, -0.25) is 9.59 Å². The van der Waals surface area contributed by atoms with E-state index in [2.05, 4.69) is 24.4 Å². The molecule has 0 spiro atoms. The summed E-state index contributed by atoms with van der Waals surface area (Å²) >= 11 is 14.0. The van der Waals surface area contributed by atoms with Crippen molar-refractivity contribution in [1.29, 1.82) is 0 Å². The molecule has 32 heavy (non-hydrogen) atoms. The molecule has 1 atom stereocenters. The third kappa shape index (κ3) is 8.02. The van der Waals surface area contributed by atoms with Crippen molar-refractivity contribution >= 4 is 46.8 Å². The Morgan fingerprint density at radius 3 is 2.44 bits per heavy atom. The summed E-state index contributed by atoms with van der Waals surface area (Å²) in [5.41, 5.74) is 3.18. The van der Waals surface area contributed by atoms with Crippen LogP contribution in [0, 0.1) is 12.8 Å². The maximum Gasteiger partial charge on any atom is 0.242 e. The number of hydrogen-bond donors (Lipinski definition) is 1. The summed E-state index contributed by atoms with van der Waals surface area (Å²) in [7, 11) is 0. The topological polar surface area (TPSA) is 49.4 Å². The Hall–Kier alpha value is -1.69. The average molecular weight is 496 g/mol. The number of thioether (sulfide) groups is 1. The van der Waals surface area contributed by atoms with E-state index in [1.807, 2.05) is 39.0 Å². The summed E-state index contributed by atoms with van der Waals surface area (Å²) in [5.74, 6) is 1.14. The predicted molar refractivity (Wildman–Crippen MR) is 136 cm³/mol. The van der Waals surface area contributed by atoms with Crippen molar-refractivity contribution in [3.63, 3.8) is 0 Å². The fourth-order valence-corrected chi connectivity index (χ4v) is 4.73. The van der Waals surface area contributed by atoms with Crippen LogP contribution in [0.15, 0.2) is 42.5 Å². The van der Waals surface area contributed by atoms with E-state index in [1.165, 1.54) is 11.1 Å². The van der Waals surface area contributed by atoms with Crippen LogP contribution in [0.5, 0.6) is 0 Å². The average Bonchev–Trinajstić information content (AvgIpc) is 2.74. The predicted octanol–water partition coefficient (Wildman–Crippen LogP) is 6.11. The molecule has 0 saturated carbocycles. The molecule has 0 aliphatic rings. The molecule has 2 aromatic carbocycles. The van der Waals surface area contributed by atoms with Gasteiger partial charge < -0.3 is 10.2 Å². The lowest BCUT2D eigenvalue weighted by Gasteiger charge is -2.31. The quantitative estimate of drug-likeness (QED) is 0.409. The van der Waals surface area contributed by atoms with Gasteiger partial charge in [0.2, 0.25) is 11.8 Å².